The molecule has 17 heavy (non-hydrogen) atoms. The highest BCUT2D eigenvalue weighted by Gasteiger charge is 2.17. The van der Waals surface area contributed by atoms with E-state index in [1.807, 2.05) is 25.1 Å². The van der Waals surface area contributed by atoms with E-state index in [1.54, 1.807) is 20.3 Å². The zero-order valence-electron chi connectivity index (χ0n) is 10.7. The normalized spacial score (nSPS) is 12.1. The van der Waals surface area contributed by atoms with Gasteiger partial charge in [0.25, 0.3) is 0 Å². The molecular formula is C12H20N2O3. The number of nitrogens with zero attached hydrogens (tertiary/aromatic N) is 1. The van der Waals surface area contributed by atoms with Crippen molar-refractivity contribution in [1.82, 2.24) is 0 Å². The number of ether oxygens (including phenoxy) is 2. The SMILES string of the molecule is COc1cc(N(C)C)c(OC)cc1C(O)CN. The minimum absolute atomic E-state index is 0.140. The van der Waals surface area contributed by atoms with Crippen LogP contribution in [0.15, 0.2) is 12.1 Å². The molecule has 0 aliphatic carbocycles. The van der Waals surface area contributed by atoms with Crippen LogP contribution in [0.4, 0.5) is 5.69 Å². The van der Waals surface area contributed by atoms with E-state index in [2.05, 4.69) is 0 Å². The molecule has 0 radical (unpaired) electrons. The summed E-state index contributed by atoms with van der Waals surface area (Å²) in [7, 11) is 6.98. The van der Waals surface area contributed by atoms with Crippen molar-refractivity contribution >= 4 is 5.69 Å². The van der Waals surface area contributed by atoms with E-state index < -0.39 is 6.10 Å². The molecule has 0 aliphatic heterocycles. The van der Waals surface area contributed by atoms with Crippen LogP contribution < -0.4 is 20.1 Å². The molecule has 1 aromatic carbocycles. The van der Waals surface area contributed by atoms with Gasteiger partial charge in [0, 0.05) is 32.3 Å². The minimum Gasteiger partial charge on any atom is -0.496 e. The highest BCUT2D eigenvalue weighted by atomic mass is 16.5. The molecule has 1 unspecified atom stereocenters. The van der Waals surface area contributed by atoms with Crippen LogP contribution in [0.25, 0.3) is 0 Å². The van der Waals surface area contributed by atoms with Crippen molar-refractivity contribution in [2.75, 3.05) is 39.8 Å². The van der Waals surface area contributed by atoms with Crippen molar-refractivity contribution in [3.05, 3.63) is 17.7 Å². The second-order valence-electron chi connectivity index (χ2n) is 3.91. The van der Waals surface area contributed by atoms with Crippen LogP contribution in [-0.4, -0.2) is 40.0 Å². The first-order valence-corrected chi connectivity index (χ1v) is 5.36. The van der Waals surface area contributed by atoms with E-state index in [9.17, 15) is 5.11 Å². The van der Waals surface area contributed by atoms with Gasteiger partial charge in [-0.1, -0.05) is 0 Å². The predicted octanol–water partition coefficient (Wildman–Crippen LogP) is 0.762. The second kappa shape index (κ2) is 5.75. The Hall–Kier alpha value is -1.46. The molecule has 0 spiro atoms. The first-order chi connectivity index (χ1) is 8.04. The van der Waals surface area contributed by atoms with Crippen LogP contribution in [0.1, 0.15) is 11.7 Å². The number of hydrogen-bond acceptors (Lipinski definition) is 5. The van der Waals surface area contributed by atoms with Gasteiger partial charge in [0.1, 0.15) is 11.5 Å². The molecule has 5 nitrogen and oxygen atoms in total. The minimum atomic E-state index is -0.755. The molecule has 0 fully saturated rings. The van der Waals surface area contributed by atoms with Gasteiger partial charge in [-0.05, 0) is 6.07 Å². The number of methoxy groups -OCH3 is 2. The van der Waals surface area contributed by atoms with E-state index in [0.29, 0.717) is 17.1 Å². The quantitative estimate of drug-likeness (QED) is 0.795. The highest BCUT2D eigenvalue weighted by Crippen LogP contribution is 2.37. The number of anilines is 1. The monoisotopic (exact) mass is 240 g/mol. The van der Waals surface area contributed by atoms with Gasteiger partial charge in [-0.2, -0.15) is 0 Å². The molecule has 5 heteroatoms. The van der Waals surface area contributed by atoms with Crippen LogP contribution in [0.2, 0.25) is 0 Å². The van der Waals surface area contributed by atoms with Crippen LogP contribution in [0.3, 0.4) is 0 Å². The van der Waals surface area contributed by atoms with E-state index in [4.69, 9.17) is 15.2 Å². The Balaban J connectivity index is 3.32. The lowest BCUT2D eigenvalue weighted by Crippen LogP contribution is -2.15. The molecule has 0 heterocycles. The largest absolute Gasteiger partial charge is 0.496 e. The molecule has 0 saturated heterocycles. The average Bonchev–Trinajstić information content (AvgIpc) is 2.35. The summed E-state index contributed by atoms with van der Waals surface area (Å²) in [5, 5.41) is 9.82. The highest BCUT2D eigenvalue weighted by molar-refractivity contribution is 5.63. The number of hydrogen-bond donors (Lipinski definition) is 2. The molecule has 96 valence electrons. The lowest BCUT2D eigenvalue weighted by Gasteiger charge is -2.21. The van der Waals surface area contributed by atoms with Gasteiger partial charge in [-0.15, -0.1) is 0 Å². The van der Waals surface area contributed by atoms with Gasteiger partial charge in [-0.3, -0.25) is 0 Å². The second-order valence-corrected chi connectivity index (χ2v) is 3.91. The number of rotatable bonds is 5. The maximum atomic E-state index is 9.82. The first-order valence-electron chi connectivity index (χ1n) is 5.36. The summed E-state index contributed by atoms with van der Waals surface area (Å²) >= 11 is 0. The van der Waals surface area contributed by atoms with E-state index in [1.165, 1.54) is 0 Å². The third-order valence-corrected chi connectivity index (χ3v) is 2.60. The van der Waals surface area contributed by atoms with Gasteiger partial charge < -0.3 is 25.2 Å². The Bertz CT molecular complexity index is 380. The van der Waals surface area contributed by atoms with Crippen molar-refractivity contribution in [2.24, 2.45) is 5.73 Å². The Kier molecular flexibility index (Phi) is 4.60. The molecule has 3 N–H and O–H groups in total. The number of benzene rings is 1. The third kappa shape index (κ3) is 2.81. The van der Waals surface area contributed by atoms with Crippen molar-refractivity contribution in [2.45, 2.75) is 6.10 Å². The fourth-order valence-corrected chi connectivity index (χ4v) is 1.64. The van der Waals surface area contributed by atoms with Gasteiger partial charge in [0.15, 0.2) is 0 Å². The van der Waals surface area contributed by atoms with Crippen LogP contribution in [0, 0.1) is 0 Å². The van der Waals surface area contributed by atoms with Crippen molar-refractivity contribution < 1.29 is 14.6 Å². The van der Waals surface area contributed by atoms with Crippen LogP contribution in [-0.2, 0) is 0 Å². The summed E-state index contributed by atoms with van der Waals surface area (Å²) in [5.41, 5.74) is 6.98. The Labute approximate surface area is 102 Å². The summed E-state index contributed by atoms with van der Waals surface area (Å²) in [6.07, 6.45) is -0.755. The predicted molar refractivity (Wildman–Crippen MR) is 67.9 cm³/mol. The lowest BCUT2D eigenvalue weighted by atomic mass is 10.1. The maximum Gasteiger partial charge on any atom is 0.142 e. The fraction of sp³-hybridized carbons (Fsp3) is 0.500. The third-order valence-electron chi connectivity index (χ3n) is 2.60. The Morgan fingerprint density at radius 2 is 1.82 bits per heavy atom. The number of aliphatic hydroxyl groups is 1. The standard InChI is InChI=1S/C12H20N2O3/c1-14(2)9-6-11(16-3)8(10(15)7-13)5-12(9)17-4/h5-6,10,15H,7,13H2,1-4H3. The zero-order chi connectivity index (χ0) is 13.0. The van der Waals surface area contributed by atoms with Crippen LogP contribution >= 0.6 is 0 Å². The lowest BCUT2D eigenvalue weighted by molar-refractivity contribution is 0.181. The summed E-state index contributed by atoms with van der Waals surface area (Å²) in [6, 6.07) is 3.58. The molecule has 0 amide bonds. The molecular weight excluding hydrogens is 220 g/mol. The summed E-state index contributed by atoms with van der Waals surface area (Å²) in [6.45, 7) is 0.140. The topological polar surface area (TPSA) is 68.0 Å². The molecule has 0 saturated carbocycles. The maximum absolute atomic E-state index is 9.82. The van der Waals surface area contributed by atoms with Gasteiger partial charge in [-0.25, -0.2) is 0 Å². The van der Waals surface area contributed by atoms with Crippen molar-refractivity contribution in [3.63, 3.8) is 0 Å². The number of nitrogens with two attached hydrogens (primary N) is 1. The van der Waals surface area contributed by atoms with Gasteiger partial charge >= 0.3 is 0 Å². The van der Waals surface area contributed by atoms with Crippen molar-refractivity contribution in [3.8, 4) is 11.5 Å². The average molecular weight is 240 g/mol. The molecule has 1 rings (SSSR count). The Morgan fingerprint density at radius 3 is 2.24 bits per heavy atom. The fourth-order valence-electron chi connectivity index (χ4n) is 1.64. The van der Waals surface area contributed by atoms with Gasteiger partial charge in [0.2, 0.25) is 0 Å². The zero-order valence-corrected chi connectivity index (χ0v) is 10.7. The molecule has 0 aromatic heterocycles. The molecule has 0 bridgehead atoms. The Morgan fingerprint density at radius 1 is 1.24 bits per heavy atom. The summed E-state index contributed by atoms with van der Waals surface area (Å²) in [4.78, 5) is 1.92. The van der Waals surface area contributed by atoms with E-state index in [0.717, 1.165) is 5.69 Å². The summed E-state index contributed by atoms with van der Waals surface area (Å²) < 4.78 is 10.6. The van der Waals surface area contributed by atoms with Crippen molar-refractivity contribution in [1.29, 1.82) is 0 Å². The van der Waals surface area contributed by atoms with Crippen LogP contribution in [0.5, 0.6) is 11.5 Å². The molecule has 0 aliphatic rings. The smallest absolute Gasteiger partial charge is 0.142 e. The summed E-state index contributed by atoms with van der Waals surface area (Å²) in [5.74, 6) is 1.28. The van der Waals surface area contributed by atoms with E-state index >= 15 is 0 Å². The van der Waals surface area contributed by atoms with Gasteiger partial charge in [0.05, 0.1) is 26.0 Å². The van der Waals surface area contributed by atoms with E-state index in [-0.39, 0.29) is 6.54 Å². The first kappa shape index (κ1) is 13.6. The number of aliphatic hydroxyl groups excluding tert-OH is 1. The molecule has 1 aromatic rings. The molecule has 1 atom stereocenters.